The van der Waals surface area contributed by atoms with E-state index >= 15 is 0 Å². The molecule has 0 fully saturated rings. The fourth-order valence-electron chi connectivity index (χ4n) is 2.78. The Balaban J connectivity index is 2.03. The number of halogens is 4. The van der Waals surface area contributed by atoms with Crippen LogP contribution in [0.25, 0.3) is 0 Å². The number of carbonyl (C=O) groups is 1. The first-order valence-corrected chi connectivity index (χ1v) is 9.85. The van der Waals surface area contributed by atoms with Gasteiger partial charge in [-0.3, -0.25) is 4.79 Å². The predicted molar refractivity (Wildman–Crippen MR) is 114 cm³/mol. The van der Waals surface area contributed by atoms with E-state index in [4.69, 9.17) is 51.1 Å². The van der Waals surface area contributed by atoms with Gasteiger partial charge in [-0.15, -0.1) is 0 Å². The number of phenols is 2. The number of rotatable bonds is 5. The topological polar surface area (TPSA) is 66.8 Å². The minimum absolute atomic E-state index is 0.0238. The zero-order valence-electron chi connectivity index (χ0n) is 14.7. The van der Waals surface area contributed by atoms with Crippen LogP contribution in [0.3, 0.4) is 0 Å². The van der Waals surface area contributed by atoms with Crippen molar-refractivity contribution in [1.29, 1.82) is 0 Å². The van der Waals surface area contributed by atoms with E-state index in [9.17, 15) is 15.0 Å². The SMILES string of the molecule is O=C(OCc1ccccc1)C(c1cc(Cl)c(O)c(Cl)c1)c1cc(Cl)c(O)c(Cl)c1. The van der Waals surface area contributed by atoms with E-state index in [1.807, 2.05) is 30.3 Å². The van der Waals surface area contributed by atoms with Crippen LogP contribution in [-0.4, -0.2) is 16.2 Å². The Labute approximate surface area is 187 Å². The van der Waals surface area contributed by atoms with E-state index in [0.29, 0.717) is 11.1 Å². The molecular formula is C21H14Cl4O4. The summed E-state index contributed by atoms with van der Waals surface area (Å²) in [6.07, 6.45) is 0. The van der Waals surface area contributed by atoms with Crippen molar-refractivity contribution in [2.24, 2.45) is 0 Å². The maximum absolute atomic E-state index is 13.0. The third-order valence-corrected chi connectivity index (χ3v) is 5.36. The molecule has 0 aliphatic rings. The van der Waals surface area contributed by atoms with Crippen LogP contribution in [-0.2, 0) is 16.1 Å². The van der Waals surface area contributed by atoms with Gasteiger partial charge in [0.2, 0.25) is 0 Å². The van der Waals surface area contributed by atoms with Crippen molar-refractivity contribution >= 4 is 52.4 Å². The van der Waals surface area contributed by atoms with Crippen LogP contribution in [0, 0.1) is 0 Å². The summed E-state index contributed by atoms with van der Waals surface area (Å²) in [6, 6.07) is 14.8. The lowest BCUT2D eigenvalue weighted by molar-refractivity contribution is -0.145. The minimum Gasteiger partial charge on any atom is -0.505 e. The van der Waals surface area contributed by atoms with Crippen LogP contribution in [0.15, 0.2) is 54.6 Å². The Morgan fingerprint density at radius 3 is 1.62 bits per heavy atom. The van der Waals surface area contributed by atoms with E-state index < -0.39 is 11.9 Å². The van der Waals surface area contributed by atoms with Gasteiger partial charge in [0, 0.05) is 0 Å². The zero-order valence-corrected chi connectivity index (χ0v) is 17.7. The van der Waals surface area contributed by atoms with E-state index in [-0.39, 0.29) is 38.2 Å². The van der Waals surface area contributed by atoms with Gasteiger partial charge in [-0.25, -0.2) is 0 Å². The number of benzene rings is 3. The maximum Gasteiger partial charge on any atom is 0.318 e. The van der Waals surface area contributed by atoms with Crippen LogP contribution >= 0.6 is 46.4 Å². The molecule has 0 heterocycles. The van der Waals surface area contributed by atoms with Crippen LogP contribution in [0.2, 0.25) is 20.1 Å². The number of aromatic hydroxyl groups is 2. The standard InChI is InChI=1S/C21H14Cl4O4/c22-14-6-12(7-15(23)19(14)26)18(13-8-16(24)20(27)17(25)9-13)21(28)29-10-11-4-2-1-3-5-11/h1-9,18,26-27H,10H2. The summed E-state index contributed by atoms with van der Waals surface area (Å²) in [5, 5.41) is 19.6. The molecule has 29 heavy (non-hydrogen) atoms. The van der Waals surface area contributed by atoms with Gasteiger partial charge in [-0.2, -0.15) is 0 Å². The second-order valence-electron chi connectivity index (χ2n) is 6.19. The largest absolute Gasteiger partial charge is 0.505 e. The van der Waals surface area contributed by atoms with Crippen molar-refractivity contribution in [1.82, 2.24) is 0 Å². The molecule has 3 aromatic carbocycles. The third-order valence-electron chi connectivity index (χ3n) is 4.20. The molecule has 150 valence electrons. The summed E-state index contributed by atoms with van der Waals surface area (Å²) in [6.45, 7) is 0.0509. The number of carbonyl (C=O) groups excluding carboxylic acids is 1. The molecule has 0 aliphatic heterocycles. The third kappa shape index (κ3) is 4.90. The van der Waals surface area contributed by atoms with Crippen molar-refractivity contribution in [3.05, 3.63) is 91.4 Å². The highest BCUT2D eigenvalue weighted by Gasteiger charge is 2.28. The molecular weight excluding hydrogens is 458 g/mol. The summed E-state index contributed by atoms with van der Waals surface area (Å²) in [5.41, 5.74) is 1.55. The van der Waals surface area contributed by atoms with Crippen LogP contribution in [0.4, 0.5) is 0 Å². The molecule has 2 N–H and O–H groups in total. The summed E-state index contributed by atoms with van der Waals surface area (Å²) in [4.78, 5) is 13.0. The fourth-order valence-corrected chi connectivity index (χ4v) is 3.79. The molecule has 0 saturated carbocycles. The van der Waals surface area contributed by atoms with E-state index in [0.717, 1.165) is 5.56 Å². The van der Waals surface area contributed by atoms with E-state index in [1.165, 1.54) is 24.3 Å². The first kappa shape index (κ1) is 21.6. The molecule has 3 rings (SSSR count). The van der Waals surface area contributed by atoms with Gasteiger partial charge < -0.3 is 14.9 Å². The highest BCUT2D eigenvalue weighted by molar-refractivity contribution is 6.38. The van der Waals surface area contributed by atoms with Crippen LogP contribution in [0.5, 0.6) is 11.5 Å². The Bertz CT molecular complexity index is 950. The van der Waals surface area contributed by atoms with Crippen molar-refractivity contribution in [3.63, 3.8) is 0 Å². The first-order chi connectivity index (χ1) is 13.8. The van der Waals surface area contributed by atoms with E-state index in [2.05, 4.69) is 0 Å². The molecule has 0 radical (unpaired) electrons. The number of phenolic OH excluding ortho intramolecular Hbond substituents is 2. The second-order valence-corrected chi connectivity index (χ2v) is 7.82. The van der Waals surface area contributed by atoms with Gasteiger partial charge in [-0.05, 0) is 41.0 Å². The fraction of sp³-hybridized carbons (Fsp3) is 0.0952. The van der Waals surface area contributed by atoms with Gasteiger partial charge in [-0.1, -0.05) is 76.7 Å². The molecule has 4 nitrogen and oxygen atoms in total. The van der Waals surface area contributed by atoms with E-state index in [1.54, 1.807) is 0 Å². The van der Waals surface area contributed by atoms with Crippen molar-refractivity contribution in [3.8, 4) is 11.5 Å². The van der Waals surface area contributed by atoms with Crippen molar-refractivity contribution in [2.45, 2.75) is 12.5 Å². The Morgan fingerprint density at radius 1 is 0.793 bits per heavy atom. The lowest BCUT2D eigenvalue weighted by Crippen LogP contribution is -2.17. The number of ether oxygens (including phenoxy) is 1. The molecule has 3 aromatic rings. The average Bonchev–Trinajstić information content (AvgIpc) is 2.69. The lowest BCUT2D eigenvalue weighted by atomic mass is 9.91. The maximum atomic E-state index is 13.0. The molecule has 0 aromatic heterocycles. The monoisotopic (exact) mass is 470 g/mol. The summed E-state index contributed by atoms with van der Waals surface area (Å²) in [5.74, 6) is -2.19. The molecule has 0 saturated heterocycles. The Hall–Kier alpha value is -2.11. The van der Waals surface area contributed by atoms with Crippen molar-refractivity contribution in [2.75, 3.05) is 0 Å². The molecule has 0 atom stereocenters. The van der Waals surface area contributed by atoms with Crippen LogP contribution in [0.1, 0.15) is 22.6 Å². The normalized spacial score (nSPS) is 10.9. The number of esters is 1. The van der Waals surface area contributed by atoms with Gasteiger partial charge in [0.05, 0.1) is 20.1 Å². The summed E-state index contributed by atoms with van der Waals surface area (Å²) < 4.78 is 5.48. The molecule has 0 bridgehead atoms. The molecule has 8 heteroatoms. The first-order valence-electron chi connectivity index (χ1n) is 8.34. The summed E-state index contributed by atoms with van der Waals surface area (Å²) in [7, 11) is 0. The molecule has 0 aliphatic carbocycles. The molecule has 0 unspecified atom stereocenters. The average molecular weight is 472 g/mol. The summed E-state index contributed by atoms with van der Waals surface area (Å²) >= 11 is 24.1. The number of hydrogen-bond acceptors (Lipinski definition) is 4. The Morgan fingerprint density at radius 2 is 1.21 bits per heavy atom. The van der Waals surface area contributed by atoms with Gasteiger partial charge in [0.1, 0.15) is 12.5 Å². The Kier molecular flexibility index (Phi) is 6.81. The molecule has 0 spiro atoms. The van der Waals surface area contributed by atoms with Gasteiger partial charge in [0.25, 0.3) is 0 Å². The van der Waals surface area contributed by atoms with Gasteiger partial charge in [0.15, 0.2) is 11.5 Å². The molecule has 0 amide bonds. The predicted octanol–water partition coefficient (Wildman–Crippen LogP) is 6.59. The smallest absolute Gasteiger partial charge is 0.318 e. The van der Waals surface area contributed by atoms with Crippen molar-refractivity contribution < 1.29 is 19.7 Å². The quantitative estimate of drug-likeness (QED) is 0.412. The second kappa shape index (κ2) is 9.14. The highest BCUT2D eigenvalue weighted by atomic mass is 35.5. The minimum atomic E-state index is -0.995. The van der Waals surface area contributed by atoms with Gasteiger partial charge >= 0.3 is 5.97 Å². The highest BCUT2D eigenvalue weighted by Crippen LogP contribution is 2.41. The number of hydrogen-bond donors (Lipinski definition) is 2. The zero-order chi connectivity index (χ0) is 21.1. The van der Waals surface area contributed by atoms with Crippen LogP contribution < -0.4 is 0 Å². The lowest BCUT2D eigenvalue weighted by Gasteiger charge is -2.19.